The van der Waals surface area contributed by atoms with E-state index in [-0.39, 0.29) is 5.91 Å². The molecule has 3 nitrogen and oxygen atoms in total. The zero-order chi connectivity index (χ0) is 15.2. The van der Waals surface area contributed by atoms with Crippen molar-refractivity contribution in [2.45, 2.75) is 6.54 Å². The van der Waals surface area contributed by atoms with Gasteiger partial charge in [0.05, 0.1) is 10.9 Å². The molecule has 0 radical (unpaired) electrons. The van der Waals surface area contributed by atoms with E-state index in [2.05, 4.69) is 15.9 Å². The maximum absolute atomic E-state index is 12.1. The molecule has 110 valence electrons. The second kappa shape index (κ2) is 7.43. The van der Waals surface area contributed by atoms with Crippen molar-refractivity contribution in [3.8, 4) is 5.75 Å². The van der Waals surface area contributed by atoms with Crippen LogP contribution in [0.15, 0.2) is 46.3 Å². The van der Waals surface area contributed by atoms with Crippen LogP contribution < -0.4 is 4.74 Å². The molecule has 1 aromatic heterocycles. The van der Waals surface area contributed by atoms with E-state index in [4.69, 9.17) is 4.74 Å². The Kier molecular flexibility index (Phi) is 5.59. The maximum Gasteiger partial charge on any atom is 0.246 e. The lowest BCUT2D eigenvalue weighted by atomic mass is 10.2. The molecule has 5 heteroatoms. The summed E-state index contributed by atoms with van der Waals surface area (Å²) in [6.45, 7) is 0.571. The minimum atomic E-state index is -0.0182. The van der Waals surface area contributed by atoms with Crippen LogP contribution in [0.5, 0.6) is 5.75 Å². The van der Waals surface area contributed by atoms with Crippen molar-refractivity contribution in [1.82, 2.24) is 4.90 Å². The van der Waals surface area contributed by atoms with Crippen LogP contribution in [0.4, 0.5) is 0 Å². The molecule has 0 aliphatic carbocycles. The summed E-state index contributed by atoms with van der Waals surface area (Å²) in [5, 5.41) is 0. The highest BCUT2D eigenvalue weighted by Gasteiger charge is 2.06. The number of methoxy groups -OCH3 is 1. The van der Waals surface area contributed by atoms with Gasteiger partial charge in [-0.15, -0.1) is 11.3 Å². The number of likely N-dealkylation sites (N-methyl/N-ethyl adjacent to an activating group) is 1. The summed E-state index contributed by atoms with van der Waals surface area (Å²) in [5.41, 5.74) is 1.07. The van der Waals surface area contributed by atoms with E-state index in [0.29, 0.717) is 6.54 Å². The summed E-state index contributed by atoms with van der Waals surface area (Å²) in [7, 11) is 3.43. The van der Waals surface area contributed by atoms with Crippen LogP contribution in [-0.4, -0.2) is 25.0 Å². The maximum atomic E-state index is 12.1. The van der Waals surface area contributed by atoms with Crippen LogP contribution in [0.2, 0.25) is 0 Å². The van der Waals surface area contributed by atoms with Gasteiger partial charge in [-0.05, 0) is 51.8 Å². The summed E-state index contributed by atoms with van der Waals surface area (Å²) in [6.07, 6.45) is 3.43. The third kappa shape index (κ3) is 4.72. The van der Waals surface area contributed by atoms with Gasteiger partial charge in [0, 0.05) is 24.5 Å². The monoisotopic (exact) mass is 365 g/mol. The number of ether oxygens (including phenoxy) is 1. The fraction of sp³-hybridized carbons (Fsp3) is 0.188. The van der Waals surface area contributed by atoms with E-state index in [1.165, 1.54) is 0 Å². The number of carbonyl (C=O) groups is 1. The highest BCUT2D eigenvalue weighted by molar-refractivity contribution is 9.11. The molecule has 1 heterocycles. The summed E-state index contributed by atoms with van der Waals surface area (Å²) in [5.74, 6) is 0.797. The summed E-state index contributed by atoms with van der Waals surface area (Å²) in [4.78, 5) is 14.8. The van der Waals surface area contributed by atoms with E-state index in [9.17, 15) is 4.79 Å². The fourth-order valence-corrected chi connectivity index (χ4v) is 3.11. The molecule has 0 bridgehead atoms. The molecular weight excluding hydrogens is 350 g/mol. The number of nitrogens with zero attached hydrogens (tertiary/aromatic N) is 1. The molecule has 0 aliphatic rings. The molecule has 0 atom stereocenters. The Morgan fingerprint density at radius 2 is 2.00 bits per heavy atom. The van der Waals surface area contributed by atoms with Gasteiger partial charge in [0.25, 0.3) is 0 Å². The predicted molar refractivity (Wildman–Crippen MR) is 90.5 cm³/mol. The number of carbonyl (C=O) groups excluding carboxylic acids is 1. The van der Waals surface area contributed by atoms with Gasteiger partial charge >= 0.3 is 0 Å². The van der Waals surface area contributed by atoms with Crippen molar-refractivity contribution >= 4 is 39.2 Å². The summed E-state index contributed by atoms with van der Waals surface area (Å²) < 4.78 is 6.17. The fourth-order valence-electron chi connectivity index (χ4n) is 1.78. The summed E-state index contributed by atoms with van der Waals surface area (Å²) in [6, 6.07) is 11.7. The molecule has 0 saturated heterocycles. The second-order valence-corrected chi connectivity index (χ2v) is 7.01. The Balaban J connectivity index is 1.93. The van der Waals surface area contributed by atoms with Gasteiger partial charge in [-0.1, -0.05) is 12.1 Å². The van der Waals surface area contributed by atoms with E-state index in [1.54, 1.807) is 36.5 Å². The molecule has 21 heavy (non-hydrogen) atoms. The molecule has 0 saturated carbocycles. The van der Waals surface area contributed by atoms with Gasteiger partial charge in [-0.25, -0.2) is 0 Å². The predicted octanol–water partition coefficient (Wildman–Crippen LogP) is 4.19. The first-order chi connectivity index (χ1) is 10.1. The molecular formula is C16H16BrNO2S. The van der Waals surface area contributed by atoms with Crippen molar-refractivity contribution < 1.29 is 9.53 Å². The lowest BCUT2D eigenvalue weighted by molar-refractivity contribution is -0.125. The van der Waals surface area contributed by atoms with E-state index >= 15 is 0 Å². The quantitative estimate of drug-likeness (QED) is 0.743. The smallest absolute Gasteiger partial charge is 0.246 e. The number of hydrogen-bond acceptors (Lipinski definition) is 3. The second-order valence-electron chi connectivity index (χ2n) is 4.52. The molecule has 2 rings (SSSR count). The van der Waals surface area contributed by atoms with Crippen molar-refractivity contribution in [3.63, 3.8) is 0 Å². The topological polar surface area (TPSA) is 29.5 Å². The van der Waals surface area contributed by atoms with Crippen molar-refractivity contribution in [1.29, 1.82) is 0 Å². The van der Waals surface area contributed by atoms with E-state index < -0.39 is 0 Å². The molecule has 0 aliphatic heterocycles. The van der Waals surface area contributed by atoms with Crippen LogP contribution in [0, 0.1) is 0 Å². The minimum absolute atomic E-state index is 0.0182. The number of halogens is 1. The molecule has 0 fully saturated rings. The Labute approximate surface area is 137 Å². The van der Waals surface area contributed by atoms with E-state index in [0.717, 1.165) is 20.0 Å². The Hall–Kier alpha value is -1.59. The molecule has 1 amide bonds. The van der Waals surface area contributed by atoms with Crippen LogP contribution in [0.25, 0.3) is 6.08 Å². The number of amides is 1. The molecule has 0 unspecified atom stereocenters. The third-order valence-electron chi connectivity index (χ3n) is 2.94. The SMILES string of the molecule is COc1ccc(CN(C)C(=O)/C=C/c2ccc(Br)s2)cc1. The number of thiophene rings is 1. The first-order valence-corrected chi connectivity index (χ1v) is 8.01. The zero-order valence-electron chi connectivity index (χ0n) is 11.9. The van der Waals surface area contributed by atoms with E-state index in [1.807, 2.05) is 42.5 Å². The molecule has 2 aromatic rings. The van der Waals surface area contributed by atoms with Gasteiger partial charge in [-0.2, -0.15) is 0 Å². The minimum Gasteiger partial charge on any atom is -0.497 e. The lowest BCUT2D eigenvalue weighted by Gasteiger charge is -2.15. The highest BCUT2D eigenvalue weighted by Crippen LogP contribution is 2.23. The molecule has 1 aromatic carbocycles. The Morgan fingerprint density at radius 1 is 1.29 bits per heavy atom. The van der Waals surface area contributed by atoms with Gasteiger partial charge in [-0.3, -0.25) is 4.79 Å². The molecule has 0 N–H and O–H groups in total. The van der Waals surface area contributed by atoms with Crippen LogP contribution in [0.3, 0.4) is 0 Å². The van der Waals surface area contributed by atoms with Crippen LogP contribution in [-0.2, 0) is 11.3 Å². The molecule has 0 spiro atoms. The average Bonchev–Trinajstić information content (AvgIpc) is 2.91. The number of benzene rings is 1. The third-order valence-corrected chi connectivity index (χ3v) is 4.53. The summed E-state index contributed by atoms with van der Waals surface area (Å²) >= 11 is 5.00. The van der Waals surface area contributed by atoms with Gasteiger partial charge in [0.2, 0.25) is 5.91 Å². The largest absolute Gasteiger partial charge is 0.497 e. The van der Waals surface area contributed by atoms with Crippen LogP contribution in [0.1, 0.15) is 10.4 Å². The number of rotatable bonds is 5. The van der Waals surface area contributed by atoms with Gasteiger partial charge in [0.15, 0.2) is 0 Å². The van der Waals surface area contributed by atoms with Crippen molar-refractivity contribution in [2.75, 3.05) is 14.2 Å². The van der Waals surface area contributed by atoms with Crippen LogP contribution >= 0.6 is 27.3 Å². The number of hydrogen-bond donors (Lipinski definition) is 0. The normalized spacial score (nSPS) is 10.8. The average molecular weight is 366 g/mol. The zero-order valence-corrected chi connectivity index (χ0v) is 14.3. The Morgan fingerprint density at radius 3 is 2.57 bits per heavy atom. The Bertz CT molecular complexity index is 634. The van der Waals surface area contributed by atoms with Gasteiger partial charge < -0.3 is 9.64 Å². The van der Waals surface area contributed by atoms with Crippen molar-refractivity contribution in [2.24, 2.45) is 0 Å². The first kappa shape index (κ1) is 15.8. The first-order valence-electron chi connectivity index (χ1n) is 6.40. The highest BCUT2D eigenvalue weighted by atomic mass is 79.9. The lowest BCUT2D eigenvalue weighted by Crippen LogP contribution is -2.24. The van der Waals surface area contributed by atoms with Gasteiger partial charge in [0.1, 0.15) is 5.75 Å². The standard InChI is InChI=1S/C16H16BrNO2S/c1-18(11-12-3-5-13(20-2)6-4-12)16(19)10-8-14-7-9-15(17)21-14/h3-10H,11H2,1-2H3/b10-8+. The van der Waals surface area contributed by atoms with Crippen molar-refractivity contribution in [3.05, 3.63) is 56.7 Å².